The Morgan fingerprint density at radius 3 is 1.85 bits per heavy atom. The molecule has 0 aliphatic rings. The number of carbonyl (C=O) groups excluding carboxylic acids is 1. The van der Waals surface area contributed by atoms with Crippen molar-refractivity contribution in [3.63, 3.8) is 0 Å². The van der Waals surface area contributed by atoms with Crippen molar-refractivity contribution >= 4 is 27.5 Å². The number of nitrogens with zero attached hydrogens (tertiary/aromatic N) is 1. The molecule has 0 rings (SSSR count). The van der Waals surface area contributed by atoms with E-state index >= 15 is 0 Å². The third-order valence-electron chi connectivity index (χ3n) is 2.06. The molecule has 0 radical (unpaired) electrons. The average Bonchev–Trinajstić information content (AvgIpc) is 1.79. The van der Waals surface area contributed by atoms with Crippen molar-refractivity contribution in [2.24, 2.45) is 0 Å². The van der Waals surface area contributed by atoms with Crippen molar-refractivity contribution in [3.05, 3.63) is 0 Å². The molecule has 0 N–H and O–H groups in total. The van der Waals surface area contributed by atoms with E-state index < -0.39 is 21.6 Å². The maximum absolute atomic E-state index is 11.8. The van der Waals surface area contributed by atoms with E-state index in [-0.39, 0.29) is 0 Å². The van der Waals surface area contributed by atoms with Crippen LogP contribution < -0.4 is 0 Å². The van der Waals surface area contributed by atoms with Crippen LogP contribution in [0.5, 0.6) is 0 Å². The van der Waals surface area contributed by atoms with Crippen molar-refractivity contribution in [1.82, 2.24) is 3.86 Å². The molecule has 78 valence electrons. The summed E-state index contributed by atoms with van der Waals surface area (Å²) in [7, 11) is 0.752. The molecule has 0 bridgehead atoms. The molecule has 0 fully saturated rings. The Labute approximate surface area is 86.3 Å². The predicted molar refractivity (Wildman–Crippen MR) is 64.3 cm³/mol. The van der Waals surface area contributed by atoms with Gasteiger partial charge in [0.05, 0.1) is 0 Å². The minimum absolute atomic E-state index is 0.367. The van der Waals surface area contributed by atoms with Gasteiger partial charge in [-0.3, -0.25) is 0 Å². The molecule has 0 saturated heterocycles. The fourth-order valence-corrected chi connectivity index (χ4v) is 4.16. The van der Waals surface area contributed by atoms with Gasteiger partial charge in [-0.05, 0) is 0 Å². The molecule has 2 nitrogen and oxygen atoms in total. The molecule has 4 heteroatoms. The average molecular weight is 262 g/mol. The van der Waals surface area contributed by atoms with Gasteiger partial charge in [-0.2, -0.15) is 0 Å². The van der Waals surface area contributed by atoms with Gasteiger partial charge in [-0.25, -0.2) is 0 Å². The maximum atomic E-state index is 11.8. The van der Waals surface area contributed by atoms with E-state index in [1.54, 1.807) is 0 Å². The summed E-state index contributed by atoms with van der Waals surface area (Å²) in [5.41, 5.74) is 0. The van der Waals surface area contributed by atoms with Gasteiger partial charge in [-0.15, -0.1) is 0 Å². The summed E-state index contributed by atoms with van der Waals surface area (Å²) in [6, 6.07) is 0.798. The first-order valence-electron chi connectivity index (χ1n) is 4.81. The standard InChI is InChI=1S/C9H23GeNOSi/c1-10(2,3)11(4)9(12)8-13(5,6)7/h8H2,1-7H3. The number of hydrogen-bond donors (Lipinski definition) is 0. The molecule has 0 atom stereocenters. The summed E-state index contributed by atoms with van der Waals surface area (Å²) in [5, 5.41) is 0. The molecular formula is C9H23GeNOSi. The van der Waals surface area contributed by atoms with Crippen LogP contribution in [-0.2, 0) is 4.79 Å². The first kappa shape index (κ1) is 13.2. The summed E-state index contributed by atoms with van der Waals surface area (Å²) < 4.78 is 2.04. The molecule has 1 amide bonds. The first-order valence-corrected chi connectivity index (χ1v) is 15.7. The summed E-state index contributed by atoms with van der Waals surface area (Å²) in [4.78, 5) is 11.8. The Hall–Kier alpha value is 0.230. The second-order valence-corrected chi connectivity index (χ2v) is 21.9. The number of hydrogen-bond acceptors (Lipinski definition) is 1. The van der Waals surface area contributed by atoms with Crippen LogP contribution in [-0.4, -0.2) is 38.4 Å². The quantitative estimate of drug-likeness (QED) is 0.716. The van der Waals surface area contributed by atoms with Gasteiger partial charge >= 0.3 is 86.1 Å². The summed E-state index contributed by atoms with van der Waals surface area (Å²) in [5.74, 6) is 7.12. The van der Waals surface area contributed by atoms with Crippen LogP contribution >= 0.6 is 0 Å². The van der Waals surface area contributed by atoms with Crippen LogP contribution in [0.4, 0.5) is 0 Å². The monoisotopic (exact) mass is 263 g/mol. The summed E-state index contributed by atoms with van der Waals surface area (Å²) in [6.45, 7) is 6.73. The molecule has 0 aromatic heterocycles. The Morgan fingerprint density at radius 2 is 1.62 bits per heavy atom. The van der Waals surface area contributed by atoms with Crippen molar-refractivity contribution < 1.29 is 4.79 Å². The third kappa shape index (κ3) is 5.52. The van der Waals surface area contributed by atoms with Crippen LogP contribution in [0.3, 0.4) is 0 Å². The van der Waals surface area contributed by atoms with Crippen LogP contribution in [0.25, 0.3) is 0 Å². The van der Waals surface area contributed by atoms with E-state index in [1.807, 2.05) is 10.9 Å². The van der Waals surface area contributed by atoms with Crippen LogP contribution in [0, 0.1) is 0 Å². The van der Waals surface area contributed by atoms with Crippen LogP contribution in [0.15, 0.2) is 0 Å². The zero-order valence-electron chi connectivity index (χ0n) is 10.1. The Balaban J connectivity index is 4.30. The zero-order chi connectivity index (χ0) is 10.9. The van der Waals surface area contributed by atoms with Crippen LogP contribution in [0.1, 0.15) is 0 Å². The number of carbonyl (C=O) groups is 1. The molecule has 13 heavy (non-hydrogen) atoms. The Kier molecular flexibility index (Phi) is 4.24. The van der Waals surface area contributed by atoms with Gasteiger partial charge in [0.2, 0.25) is 0 Å². The van der Waals surface area contributed by atoms with Crippen LogP contribution in [0.2, 0.25) is 43.0 Å². The van der Waals surface area contributed by atoms with Crippen molar-refractivity contribution in [2.75, 3.05) is 7.05 Å². The van der Waals surface area contributed by atoms with Crippen molar-refractivity contribution in [2.45, 2.75) is 43.0 Å². The van der Waals surface area contributed by atoms with E-state index in [1.165, 1.54) is 0 Å². The topological polar surface area (TPSA) is 20.3 Å². The number of rotatable bonds is 3. The minimum atomic E-state index is -1.90. The summed E-state index contributed by atoms with van der Waals surface area (Å²) in [6.07, 6.45) is 0. The SMILES string of the molecule is C[N](C(=O)C[Si](C)(C)C)[Ge]([CH3])([CH3])[CH3]. The van der Waals surface area contributed by atoms with Crippen molar-refractivity contribution in [3.8, 4) is 0 Å². The van der Waals surface area contributed by atoms with E-state index in [9.17, 15) is 4.79 Å². The Morgan fingerprint density at radius 1 is 1.23 bits per heavy atom. The predicted octanol–water partition coefficient (Wildman–Crippen LogP) is 2.62. The zero-order valence-corrected chi connectivity index (χ0v) is 13.2. The fraction of sp³-hybridized carbons (Fsp3) is 0.889. The second-order valence-electron chi connectivity index (χ2n) is 5.86. The second kappa shape index (κ2) is 4.17. The van der Waals surface area contributed by atoms with Gasteiger partial charge in [-0.1, -0.05) is 0 Å². The van der Waals surface area contributed by atoms with Gasteiger partial charge in [0.1, 0.15) is 0 Å². The van der Waals surface area contributed by atoms with Gasteiger partial charge in [0.15, 0.2) is 0 Å². The van der Waals surface area contributed by atoms with E-state index in [0.717, 1.165) is 6.04 Å². The normalized spacial score (nSPS) is 12.8. The van der Waals surface area contributed by atoms with E-state index in [0.29, 0.717) is 5.91 Å². The summed E-state index contributed by atoms with van der Waals surface area (Å²) >= 11 is -1.90. The molecule has 0 spiro atoms. The number of amides is 1. The third-order valence-corrected chi connectivity index (χ3v) is 8.17. The van der Waals surface area contributed by atoms with Gasteiger partial charge < -0.3 is 0 Å². The Bertz CT molecular complexity index is 193. The molecule has 0 saturated carbocycles. The van der Waals surface area contributed by atoms with Crippen molar-refractivity contribution in [1.29, 1.82) is 0 Å². The fourth-order valence-electron chi connectivity index (χ4n) is 0.946. The molecule has 0 unspecified atom stereocenters. The molecule has 0 aromatic carbocycles. The molecule has 0 aliphatic carbocycles. The molecule has 0 aliphatic heterocycles. The van der Waals surface area contributed by atoms with E-state index in [4.69, 9.17) is 0 Å². The molecule has 0 aromatic rings. The van der Waals surface area contributed by atoms with Gasteiger partial charge in [0, 0.05) is 0 Å². The first-order chi connectivity index (χ1) is 5.54. The molecular weight excluding hydrogens is 239 g/mol. The van der Waals surface area contributed by atoms with Gasteiger partial charge in [0.25, 0.3) is 0 Å². The molecule has 0 heterocycles. The van der Waals surface area contributed by atoms with E-state index in [2.05, 4.69) is 36.9 Å².